The van der Waals surface area contributed by atoms with Crippen LogP contribution in [0.25, 0.3) is 0 Å². The fraction of sp³-hybridized carbons (Fsp3) is 0.294. The molecule has 0 unspecified atom stereocenters. The van der Waals surface area contributed by atoms with Crippen molar-refractivity contribution in [2.24, 2.45) is 0 Å². The molecule has 0 amide bonds. The third kappa shape index (κ3) is 4.59. The number of hydrogen-bond donors (Lipinski definition) is 1. The molecule has 3 nitrogen and oxygen atoms in total. The summed E-state index contributed by atoms with van der Waals surface area (Å²) in [5.41, 5.74) is 2.25. The average Bonchev–Trinajstić information content (AvgIpc) is 2.51. The topological polar surface area (TPSA) is 30.5 Å². The van der Waals surface area contributed by atoms with E-state index < -0.39 is 0 Å². The van der Waals surface area contributed by atoms with Crippen molar-refractivity contribution in [1.29, 1.82) is 0 Å². The molecule has 0 spiro atoms. The van der Waals surface area contributed by atoms with E-state index in [2.05, 4.69) is 17.4 Å². The van der Waals surface area contributed by atoms with Gasteiger partial charge in [0.25, 0.3) is 0 Å². The largest absolute Gasteiger partial charge is 0.489 e. The zero-order chi connectivity index (χ0) is 14.0. The average molecular weight is 271 g/mol. The summed E-state index contributed by atoms with van der Waals surface area (Å²) in [6, 6.07) is 18.3. The van der Waals surface area contributed by atoms with E-state index in [1.807, 2.05) is 49.4 Å². The van der Waals surface area contributed by atoms with Gasteiger partial charge in [0.1, 0.15) is 12.4 Å². The van der Waals surface area contributed by atoms with Crippen LogP contribution in [0.5, 0.6) is 5.75 Å². The Morgan fingerprint density at radius 3 is 2.45 bits per heavy atom. The highest BCUT2D eigenvalue weighted by Gasteiger charge is 2.02. The predicted molar refractivity (Wildman–Crippen MR) is 82.2 cm³/mol. The summed E-state index contributed by atoms with van der Waals surface area (Å²) in [5.74, 6) is 0.864. The van der Waals surface area contributed by atoms with Crippen molar-refractivity contribution in [3.63, 3.8) is 0 Å². The van der Waals surface area contributed by atoms with Crippen LogP contribution in [0, 0.1) is 0 Å². The minimum atomic E-state index is 0.567. The summed E-state index contributed by atoms with van der Waals surface area (Å²) in [6.45, 7) is 4.67. The second-order valence-electron chi connectivity index (χ2n) is 4.38. The molecule has 1 N–H and O–H groups in total. The van der Waals surface area contributed by atoms with Crippen LogP contribution < -0.4 is 10.1 Å². The summed E-state index contributed by atoms with van der Waals surface area (Å²) in [4.78, 5) is 0. The molecule has 0 atom stereocenters. The van der Waals surface area contributed by atoms with Gasteiger partial charge in [0.15, 0.2) is 0 Å². The molecule has 2 rings (SSSR count). The summed E-state index contributed by atoms with van der Waals surface area (Å²) in [6.07, 6.45) is 0. The van der Waals surface area contributed by atoms with Crippen molar-refractivity contribution in [2.75, 3.05) is 25.1 Å². The molecule has 0 heterocycles. The fourth-order valence-electron chi connectivity index (χ4n) is 1.89. The maximum Gasteiger partial charge on any atom is 0.142 e. The molecule has 20 heavy (non-hydrogen) atoms. The second kappa shape index (κ2) is 8.23. The number of benzene rings is 2. The molecule has 2 aromatic carbocycles. The molecule has 0 radical (unpaired) electrons. The van der Waals surface area contributed by atoms with Gasteiger partial charge in [0.05, 0.1) is 12.3 Å². The normalized spacial score (nSPS) is 10.2. The van der Waals surface area contributed by atoms with Crippen LogP contribution in [0.3, 0.4) is 0 Å². The van der Waals surface area contributed by atoms with E-state index in [0.29, 0.717) is 13.2 Å². The Morgan fingerprint density at radius 2 is 1.65 bits per heavy atom. The Balaban J connectivity index is 1.90. The monoisotopic (exact) mass is 271 g/mol. The Kier molecular flexibility index (Phi) is 5.93. The second-order valence-corrected chi connectivity index (χ2v) is 4.38. The van der Waals surface area contributed by atoms with Gasteiger partial charge in [-0.3, -0.25) is 0 Å². The summed E-state index contributed by atoms with van der Waals surface area (Å²) in [5, 5.41) is 3.40. The van der Waals surface area contributed by atoms with E-state index in [1.165, 1.54) is 5.56 Å². The highest BCUT2D eigenvalue weighted by atomic mass is 16.5. The molecule has 0 bridgehead atoms. The fourth-order valence-corrected chi connectivity index (χ4v) is 1.89. The quantitative estimate of drug-likeness (QED) is 0.742. The number of rotatable bonds is 8. The Labute approximate surface area is 120 Å². The van der Waals surface area contributed by atoms with Crippen molar-refractivity contribution in [2.45, 2.75) is 13.5 Å². The lowest BCUT2D eigenvalue weighted by molar-refractivity contribution is 0.110. The maximum absolute atomic E-state index is 5.74. The molecule has 0 saturated carbocycles. The summed E-state index contributed by atoms with van der Waals surface area (Å²) >= 11 is 0. The van der Waals surface area contributed by atoms with Gasteiger partial charge in [-0.05, 0) is 24.6 Å². The predicted octanol–water partition coefficient (Wildman–Crippen LogP) is 3.71. The van der Waals surface area contributed by atoms with Crippen molar-refractivity contribution in [3.8, 4) is 5.75 Å². The van der Waals surface area contributed by atoms with Crippen molar-refractivity contribution >= 4 is 5.69 Å². The number of anilines is 1. The van der Waals surface area contributed by atoms with Crippen LogP contribution >= 0.6 is 0 Å². The van der Waals surface area contributed by atoms with E-state index in [0.717, 1.165) is 24.6 Å². The number of ether oxygens (including phenoxy) is 2. The Bertz CT molecular complexity index is 499. The Hall–Kier alpha value is -2.00. The van der Waals surface area contributed by atoms with Gasteiger partial charge in [0, 0.05) is 13.2 Å². The minimum Gasteiger partial charge on any atom is -0.489 e. The zero-order valence-electron chi connectivity index (χ0n) is 11.8. The lowest BCUT2D eigenvalue weighted by Crippen LogP contribution is -2.08. The van der Waals surface area contributed by atoms with Gasteiger partial charge in [-0.15, -0.1) is 0 Å². The van der Waals surface area contributed by atoms with E-state index in [1.54, 1.807) is 0 Å². The third-order valence-electron chi connectivity index (χ3n) is 2.90. The van der Waals surface area contributed by atoms with Crippen LogP contribution in [-0.4, -0.2) is 19.8 Å². The molecular formula is C17H21NO2. The standard InChI is InChI=1S/C17H21NO2/c1-2-19-12-13-20-17-11-7-6-10-16(17)18-14-15-8-4-3-5-9-15/h3-11,18H,2,12-14H2,1H3. The molecule has 0 fully saturated rings. The van der Waals surface area contributed by atoms with E-state index in [9.17, 15) is 0 Å². The maximum atomic E-state index is 5.74. The van der Waals surface area contributed by atoms with Gasteiger partial charge in [-0.1, -0.05) is 42.5 Å². The number of para-hydroxylation sites is 2. The van der Waals surface area contributed by atoms with E-state index >= 15 is 0 Å². The molecule has 2 aromatic rings. The molecule has 0 aliphatic heterocycles. The summed E-state index contributed by atoms with van der Waals surface area (Å²) in [7, 11) is 0. The van der Waals surface area contributed by atoms with Crippen LogP contribution in [0.1, 0.15) is 12.5 Å². The van der Waals surface area contributed by atoms with Gasteiger partial charge < -0.3 is 14.8 Å². The first-order valence-electron chi connectivity index (χ1n) is 6.97. The molecular weight excluding hydrogens is 250 g/mol. The van der Waals surface area contributed by atoms with Gasteiger partial charge >= 0.3 is 0 Å². The molecule has 106 valence electrons. The Morgan fingerprint density at radius 1 is 0.900 bits per heavy atom. The highest BCUT2D eigenvalue weighted by Crippen LogP contribution is 2.24. The van der Waals surface area contributed by atoms with Gasteiger partial charge in [0.2, 0.25) is 0 Å². The van der Waals surface area contributed by atoms with E-state index in [4.69, 9.17) is 9.47 Å². The third-order valence-corrected chi connectivity index (χ3v) is 2.90. The number of hydrogen-bond acceptors (Lipinski definition) is 3. The first-order valence-corrected chi connectivity index (χ1v) is 6.97. The molecule has 0 saturated heterocycles. The molecule has 0 aliphatic carbocycles. The minimum absolute atomic E-state index is 0.567. The highest BCUT2D eigenvalue weighted by molar-refractivity contribution is 5.56. The molecule has 0 aliphatic rings. The van der Waals surface area contributed by atoms with Crippen molar-refractivity contribution < 1.29 is 9.47 Å². The van der Waals surface area contributed by atoms with Gasteiger partial charge in [-0.2, -0.15) is 0 Å². The van der Waals surface area contributed by atoms with Crippen LogP contribution in [0.2, 0.25) is 0 Å². The summed E-state index contributed by atoms with van der Waals surface area (Å²) < 4.78 is 11.0. The number of nitrogens with one attached hydrogen (secondary N) is 1. The SMILES string of the molecule is CCOCCOc1ccccc1NCc1ccccc1. The van der Waals surface area contributed by atoms with Crippen LogP contribution in [-0.2, 0) is 11.3 Å². The first-order chi connectivity index (χ1) is 9.90. The van der Waals surface area contributed by atoms with Crippen molar-refractivity contribution in [3.05, 3.63) is 60.2 Å². The molecule has 0 aromatic heterocycles. The first kappa shape index (κ1) is 14.4. The van der Waals surface area contributed by atoms with Crippen molar-refractivity contribution in [1.82, 2.24) is 0 Å². The lowest BCUT2D eigenvalue weighted by Gasteiger charge is -2.13. The van der Waals surface area contributed by atoms with Crippen LogP contribution in [0.15, 0.2) is 54.6 Å². The molecule has 3 heteroatoms. The van der Waals surface area contributed by atoms with E-state index in [-0.39, 0.29) is 0 Å². The van der Waals surface area contributed by atoms with Gasteiger partial charge in [-0.25, -0.2) is 0 Å². The lowest BCUT2D eigenvalue weighted by atomic mass is 10.2. The van der Waals surface area contributed by atoms with Crippen LogP contribution in [0.4, 0.5) is 5.69 Å². The smallest absolute Gasteiger partial charge is 0.142 e. The zero-order valence-corrected chi connectivity index (χ0v) is 11.8.